The van der Waals surface area contributed by atoms with Gasteiger partial charge in [-0.25, -0.2) is 9.78 Å². The molecule has 0 aliphatic carbocycles. The van der Waals surface area contributed by atoms with Crippen LogP contribution < -0.4 is 10.1 Å². The van der Waals surface area contributed by atoms with Crippen molar-refractivity contribution in [3.8, 4) is 17.1 Å². The van der Waals surface area contributed by atoms with Crippen LogP contribution in [0.25, 0.3) is 11.3 Å². The Morgan fingerprint density at radius 2 is 2.03 bits per heavy atom. The molecule has 1 aromatic carbocycles. The molecule has 0 bridgehead atoms. The highest BCUT2D eigenvalue weighted by atomic mass is 32.1. The molecule has 0 fully saturated rings. The molecule has 0 saturated carbocycles. The lowest BCUT2D eigenvalue weighted by atomic mass is 10.1. The van der Waals surface area contributed by atoms with Gasteiger partial charge < -0.3 is 14.0 Å². The Kier molecular flexibility index (Phi) is 6.61. The molecule has 2 heterocycles. The van der Waals surface area contributed by atoms with Gasteiger partial charge in [0.2, 0.25) is 0 Å². The summed E-state index contributed by atoms with van der Waals surface area (Å²) in [6, 6.07) is 9.65. The first kappa shape index (κ1) is 20.5. The Labute approximate surface area is 171 Å². The zero-order valence-corrected chi connectivity index (χ0v) is 17.1. The van der Waals surface area contributed by atoms with E-state index in [0.717, 1.165) is 17.7 Å². The SMILES string of the molecule is CCc1ccc(-c2csc(NC(=O)[C@@H](C)OC(=O)COc3cc(C)on3)n2)cc1. The number of aromatic nitrogens is 2. The number of amides is 1. The molecule has 9 heteroatoms. The van der Waals surface area contributed by atoms with Crippen LogP contribution in [0, 0.1) is 6.92 Å². The molecule has 1 N–H and O–H groups in total. The lowest BCUT2D eigenvalue weighted by Crippen LogP contribution is -2.31. The zero-order valence-electron chi connectivity index (χ0n) is 16.3. The van der Waals surface area contributed by atoms with Crippen molar-refractivity contribution in [1.82, 2.24) is 10.1 Å². The largest absolute Gasteiger partial charge is 0.463 e. The predicted octanol–water partition coefficient (Wildman–Crippen LogP) is 3.62. The van der Waals surface area contributed by atoms with Gasteiger partial charge in [0.15, 0.2) is 17.8 Å². The second-order valence-corrected chi connectivity index (χ2v) is 7.13. The van der Waals surface area contributed by atoms with Gasteiger partial charge in [-0.3, -0.25) is 10.1 Å². The van der Waals surface area contributed by atoms with Crippen LogP contribution in [0.15, 0.2) is 40.2 Å². The average Bonchev–Trinajstić information content (AvgIpc) is 3.35. The van der Waals surface area contributed by atoms with E-state index in [9.17, 15) is 9.59 Å². The van der Waals surface area contributed by atoms with Crippen LogP contribution in [0.4, 0.5) is 5.13 Å². The van der Waals surface area contributed by atoms with E-state index in [-0.39, 0.29) is 12.5 Å². The van der Waals surface area contributed by atoms with E-state index in [1.54, 1.807) is 13.0 Å². The summed E-state index contributed by atoms with van der Waals surface area (Å²) in [6.45, 7) is 4.90. The molecule has 0 aliphatic rings. The fourth-order valence-corrected chi connectivity index (χ4v) is 3.13. The molecule has 3 aromatic rings. The van der Waals surface area contributed by atoms with Crippen molar-refractivity contribution in [3.63, 3.8) is 0 Å². The minimum absolute atomic E-state index is 0.179. The average molecular weight is 415 g/mol. The van der Waals surface area contributed by atoms with Gasteiger partial charge in [0.05, 0.1) is 5.69 Å². The van der Waals surface area contributed by atoms with Gasteiger partial charge in [0, 0.05) is 17.0 Å². The second kappa shape index (κ2) is 9.33. The molecule has 0 radical (unpaired) electrons. The zero-order chi connectivity index (χ0) is 20.8. The van der Waals surface area contributed by atoms with E-state index in [2.05, 4.69) is 34.5 Å². The van der Waals surface area contributed by atoms with Crippen molar-refractivity contribution in [2.45, 2.75) is 33.3 Å². The van der Waals surface area contributed by atoms with E-state index < -0.39 is 18.0 Å². The van der Waals surface area contributed by atoms with Gasteiger partial charge in [0.25, 0.3) is 11.8 Å². The molecule has 0 spiro atoms. The molecular weight excluding hydrogens is 394 g/mol. The summed E-state index contributed by atoms with van der Waals surface area (Å²) >= 11 is 1.30. The van der Waals surface area contributed by atoms with Crippen molar-refractivity contribution in [2.75, 3.05) is 11.9 Å². The Morgan fingerprint density at radius 1 is 1.28 bits per heavy atom. The Morgan fingerprint density at radius 3 is 2.69 bits per heavy atom. The number of hydrogen-bond donors (Lipinski definition) is 1. The van der Waals surface area contributed by atoms with Crippen molar-refractivity contribution >= 4 is 28.3 Å². The van der Waals surface area contributed by atoms with Crippen LogP contribution in [0.5, 0.6) is 5.88 Å². The number of rotatable bonds is 8. The first-order chi connectivity index (χ1) is 13.9. The normalized spacial score (nSPS) is 11.7. The van der Waals surface area contributed by atoms with E-state index in [1.165, 1.54) is 23.8 Å². The maximum absolute atomic E-state index is 12.3. The predicted molar refractivity (Wildman–Crippen MR) is 108 cm³/mol. The first-order valence-corrected chi connectivity index (χ1v) is 9.94. The smallest absolute Gasteiger partial charge is 0.345 e. The number of esters is 1. The fraction of sp³-hybridized carbons (Fsp3) is 0.300. The topological polar surface area (TPSA) is 104 Å². The summed E-state index contributed by atoms with van der Waals surface area (Å²) in [4.78, 5) is 28.5. The number of nitrogens with zero attached hydrogens (tertiary/aromatic N) is 2. The summed E-state index contributed by atoms with van der Waals surface area (Å²) in [5.74, 6) is -0.425. The third-order valence-corrected chi connectivity index (χ3v) is 4.77. The number of ether oxygens (including phenoxy) is 2. The quantitative estimate of drug-likeness (QED) is 0.560. The maximum Gasteiger partial charge on any atom is 0.345 e. The molecule has 3 rings (SSSR count). The number of anilines is 1. The fourth-order valence-electron chi connectivity index (χ4n) is 2.41. The number of hydrogen-bond acceptors (Lipinski definition) is 8. The van der Waals surface area contributed by atoms with E-state index in [4.69, 9.17) is 14.0 Å². The molecule has 1 amide bonds. The van der Waals surface area contributed by atoms with Crippen LogP contribution in [0.3, 0.4) is 0 Å². The monoisotopic (exact) mass is 415 g/mol. The first-order valence-electron chi connectivity index (χ1n) is 9.06. The summed E-state index contributed by atoms with van der Waals surface area (Å²) in [5.41, 5.74) is 2.99. The number of carbonyl (C=O) groups excluding carboxylic acids is 2. The minimum atomic E-state index is -0.999. The lowest BCUT2D eigenvalue weighted by Gasteiger charge is -2.12. The van der Waals surface area contributed by atoms with Crippen molar-refractivity contribution in [1.29, 1.82) is 0 Å². The Hall–Kier alpha value is -3.20. The Bertz CT molecular complexity index is 980. The highest BCUT2D eigenvalue weighted by Crippen LogP contribution is 2.25. The van der Waals surface area contributed by atoms with Crippen LogP contribution in [0.1, 0.15) is 25.2 Å². The third-order valence-electron chi connectivity index (χ3n) is 4.01. The van der Waals surface area contributed by atoms with E-state index in [0.29, 0.717) is 10.9 Å². The number of benzene rings is 1. The lowest BCUT2D eigenvalue weighted by molar-refractivity contribution is -0.155. The molecule has 0 aliphatic heterocycles. The van der Waals surface area contributed by atoms with Gasteiger partial charge in [-0.15, -0.1) is 11.3 Å². The summed E-state index contributed by atoms with van der Waals surface area (Å²) in [7, 11) is 0. The number of carbonyl (C=O) groups is 2. The van der Waals surface area contributed by atoms with Gasteiger partial charge in [0.1, 0.15) is 5.76 Å². The number of aryl methyl sites for hydroxylation is 2. The van der Waals surface area contributed by atoms with Crippen molar-refractivity contribution in [2.24, 2.45) is 0 Å². The molecule has 0 saturated heterocycles. The third kappa shape index (κ3) is 5.64. The molecule has 152 valence electrons. The van der Waals surface area contributed by atoms with Gasteiger partial charge in [-0.1, -0.05) is 31.2 Å². The van der Waals surface area contributed by atoms with Crippen molar-refractivity contribution < 1.29 is 23.6 Å². The number of thiazole rings is 1. The molecule has 1 atom stereocenters. The summed E-state index contributed by atoms with van der Waals surface area (Å²) in [5, 5.41) is 8.56. The minimum Gasteiger partial charge on any atom is -0.463 e. The molecule has 29 heavy (non-hydrogen) atoms. The van der Waals surface area contributed by atoms with Crippen LogP contribution >= 0.6 is 11.3 Å². The van der Waals surface area contributed by atoms with Gasteiger partial charge in [-0.05, 0) is 31.0 Å². The van der Waals surface area contributed by atoms with Crippen LogP contribution in [0.2, 0.25) is 0 Å². The summed E-state index contributed by atoms with van der Waals surface area (Å²) < 4.78 is 15.0. The van der Waals surface area contributed by atoms with E-state index >= 15 is 0 Å². The van der Waals surface area contributed by atoms with Crippen LogP contribution in [-0.4, -0.2) is 34.7 Å². The summed E-state index contributed by atoms with van der Waals surface area (Å²) in [6.07, 6.45) is -0.0280. The van der Waals surface area contributed by atoms with Crippen LogP contribution in [-0.2, 0) is 20.7 Å². The molecule has 0 unspecified atom stereocenters. The van der Waals surface area contributed by atoms with Gasteiger partial charge in [-0.2, -0.15) is 0 Å². The highest BCUT2D eigenvalue weighted by molar-refractivity contribution is 7.14. The van der Waals surface area contributed by atoms with Crippen molar-refractivity contribution in [3.05, 3.63) is 47.0 Å². The Balaban J connectivity index is 1.50. The molecule has 8 nitrogen and oxygen atoms in total. The second-order valence-electron chi connectivity index (χ2n) is 6.27. The number of nitrogens with one attached hydrogen (secondary N) is 1. The van der Waals surface area contributed by atoms with E-state index in [1.807, 2.05) is 17.5 Å². The maximum atomic E-state index is 12.3. The standard InChI is InChI=1S/C20H21N3O5S/c1-4-14-5-7-15(8-6-14)16-11-29-20(21-16)22-19(25)13(3)27-18(24)10-26-17-9-12(2)28-23-17/h5-9,11,13H,4,10H2,1-3H3,(H,21,22,25)/t13-/m1/s1. The molecular formula is C20H21N3O5S. The molecule has 2 aromatic heterocycles. The van der Waals surface area contributed by atoms with Gasteiger partial charge >= 0.3 is 5.97 Å². The highest BCUT2D eigenvalue weighted by Gasteiger charge is 2.20.